The Morgan fingerprint density at radius 3 is 2.02 bits per heavy atom. The van der Waals surface area contributed by atoms with Crippen molar-refractivity contribution in [1.82, 2.24) is 9.55 Å². The standard InChI is InChI=1S/C36H41N3.CH3.Hf/c1-19-15-23(5)31(24(6)16-19)35(38-34-20(2)13-12-14-21(34)3)36-37-30(18-39(36)11)33-28(10)27(9)32-26(8)25(7)22(4)17-29(32)33;;/h12-16,18,33,35H,1-11H3;1H3;/q-2;-1;. The summed E-state index contributed by atoms with van der Waals surface area (Å²) in [5.74, 6) is 1.08. The maximum atomic E-state index is 5.47. The molecule has 1 aliphatic rings. The van der Waals surface area contributed by atoms with Gasteiger partial charge in [-0.05, 0) is 64.3 Å². The van der Waals surface area contributed by atoms with Crippen LogP contribution < -0.4 is 0 Å². The van der Waals surface area contributed by atoms with Crippen LogP contribution in [-0.4, -0.2) is 9.55 Å². The molecule has 5 rings (SSSR count). The summed E-state index contributed by atoms with van der Waals surface area (Å²) in [6, 6.07) is 14.5. The Labute approximate surface area is 267 Å². The van der Waals surface area contributed by atoms with E-state index < -0.39 is 0 Å². The third kappa shape index (κ3) is 5.57. The van der Waals surface area contributed by atoms with Crippen molar-refractivity contribution in [3.63, 3.8) is 0 Å². The average molecular weight is 709 g/mol. The third-order valence-electron chi connectivity index (χ3n) is 8.96. The van der Waals surface area contributed by atoms with Crippen molar-refractivity contribution in [2.24, 2.45) is 7.05 Å². The van der Waals surface area contributed by atoms with E-state index in [-0.39, 0.29) is 45.2 Å². The Bertz CT molecular complexity index is 1610. The molecule has 0 aliphatic heterocycles. The maximum Gasteiger partial charge on any atom is 0.0980 e. The van der Waals surface area contributed by atoms with E-state index in [0.717, 1.165) is 17.2 Å². The first-order chi connectivity index (χ1) is 18.4. The molecule has 3 aromatic carbocycles. The van der Waals surface area contributed by atoms with Gasteiger partial charge in [0.25, 0.3) is 0 Å². The number of nitrogens with zero attached hydrogens (tertiary/aromatic N) is 3. The van der Waals surface area contributed by atoms with Gasteiger partial charge in [0, 0.05) is 45.0 Å². The molecule has 4 aromatic rings. The van der Waals surface area contributed by atoms with Gasteiger partial charge in [-0.25, -0.2) is 4.98 Å². The van der Waals surface area contributed by atoms with Gasteiger partial charge in [0.2, 0.25) is 0 Å². The van der Waals surface area contributed by atoms with Crippen molar-refractivity contribution >= 4 is 11.3 Å². The topological polar surface area (TPSA) is 31.9 Å². The summed E-state index contributed by atoms with van der Waals surface area (Å²) in [5, 5.41) is 5.47. The average Bonchev–Trinajstić information content (AvgIpc) is 3.34. The fourth-order valence-corrected chi connectivity index (χ4v) is 6.64. The van der Waals surface area contributed by atoms with Gasteiger partial charge in [0.1, 0.15) is 0 Å². The molecule has 3 nitrogen and oxygen atoms in total. The second-order valence-corrected chi connectivity index (χ2v) is 11.7. The number of hydrogen-bond donors (Lipinski definition) is 0. The summed E-state index contributed by atoms with van der Waals surface area (Å²) in [6.45, 7) is 22.0. The van der Waals surface area contributed by atoms with Crippen LogP contribution in [0.3, 0.4) is 0 Å². The Hall–Kier alpha value is -2.72. The molecule has 0 bridgehead atoms. The summed E-state index contributed by atoms with van der Waals surface area (Å²) < 4.78 is 2.20. The number of allylic oxidation sites excluding steroid dienone is 2. The molecule has 2 atom stereocenters. The SMILES string of the molecule is CC1=C(C)C(c2cn(C)c(C([N-]c3c(C)cccc3C)c3c(C)cc(C)cc3C)n2)c2[c-]c(C)c(C)c(C)c21.[CH3-].[Hf]. The zero-order valence-corrected chi connectivity index (χ0v) is 30.6. The summed E-state index contributed by atoms with van der Waals surface area (Å²) in [6.07, 6.45) is 2.22. The second-order valence-electron chi connectivity index (χ2n) is 11.7. The molecule has 0 N–H and O–H groups in total. The van der Waals surface area contributed by atoms with Crippen molar-refractivity contribution < 1.29 is 25.8 Å². The van der Waals surface area contributed by atoms with Gasteiger partial charge >= 0.3 is 0 Å². The number of para-hydroxylation sites is 1. The first kappa shape index (κ1) is 32.8. The maximum absolute atomic E-state index is 5.47. The van der Waals surface area contributed by atoms with Crippen LogP contribution in [0.15, 0.2) is 42.1 Å². The molecule has 1 heterocycles. The molecular formula is C37H44HfN3-3. The van der Waals surface area contributed by atoms with Crippen molar-refractivity contribution in [1.29, 1.82) is 0 Å². The predicted octanol–water partition coefficient (Wildman–Crippen LogP) is 9.87. The van der Waals surface area contributed by atoms with E-state index in [1.807, 2.05) is 0 Å². The van der Waals surface area contributed by atoms with Crippen molar-refractivity contribution in [3.8, 4) is 0 Å². The van der Waals surface area contributed by atoms with Gasteiger partial charge in [0.05, 0.1) is 11.5 Å². The minimum absolute atomic E-state index is 0. The molecule has 2 unspecified atom stereocenters. The van der Waals surface area contributed by atoms with Crippen LogP contribution in [0.1, 0.15) is 98.5 Å². The first-order valence-corrected chi connectivity index (χ1v) is 14.0. The van der Waals surface area contributed by atoms with Gasteiger partial charge in [0.15, 0.2) is 0 Å². The monoisotopic (exact) mass is 710 g/mol. The number of benzene rings is 3. The number of fused-ring (bicyclic) bond motifs is 1. The molecule has 0 saturated carbocycles. The second kappa shape index (κ2) is 12.3. The van der Waals surface area contributed by atoms with Crippen molar-refractivity contribution in [2.75, 3.05) is 0 Å². The molecular weight excluding hydrogens is 665 g/mol. The van der Waals surface area contributed by atoms with Gasteiger partial charge in [-0.1, -0.05) is 85.9 Å². The molecule has 214 valence electrons. The molecule has 1 aromatic heterocycles. The van der Waals surface area contributed by atoms with Crippen molar-refractivity contribution in [2.45, 2.75) is 81.2 Å². The normalized spacial score (nSPS) is 14.9. The van der Waals surface area contributed by atoms with Crippen molar-refractivity contribution in [3.05, 3.63) is 134 Å². The van der Waals surface area contributed by atoms with E-state index in [4.69, 9.17) is 10.3 Å². The molecule has 0 radical (unpaired) electrons. The van der Waals surface area contributed by atoms with Crippen LogP contribution >= 0.6 is 0 Å². The zero-order valence-electron chi connectivity index (χ0n) is 27.0. The van der Waals surface area contributed by atoms with E-state index in [0.29, 0.717) is 0 Å². The minimum Gasteiger partial charge on any atom is -0.671 e. The molecule has 4 heteroatoms. The number of rotatable bonds is 5. The third-order valence-corrected chi connectivity index (χ3v) is 8.96. The number of imidazole rings is 1. The van der Waals surface area contributed by atoms with Crippen LogP contribution in [-0.2, 0) is 32.9 Å². The molecule has 1 aliphatic carbocycles. The van der Waals surface area contributed by atoms with Crippen LogP contribution in [0.25, 0.3) is 10.9 Å². The van der Waals surface area contributed by atoms with E-state index in [1.54, 1.807) is 0 Å². The summed E-state index contributed by atoms with van der Waals surface area (Å²) >= 11 is 0. The summed E-state index contributed by atoms with van der Waals surface area (Å²) in [7, 11) is 2.12. The zero-order chi connectivity index (χ0) is 28.3. The molecule has 41 heavy (non-hydrogen) atoms. The fourth-order valence-electron chi connectivity index (χ4n) is 6.64. The van der Waals surface area contributed by atoms with Crippen LogP contribution in [0.2, 0.25) is 0 Å². The van der Waals surface area contributed by atoms with Crippen LogP contribution in [0.4, 0.5) is 5.69 Å². The number of aryl methyl sites for hydroxylation is 7. The molecule has 0 saturated heterocycles. The molecule has 0 fully saturated rings. The molecule has 0 spiro atoms. The van der Waals surface area contributed by atoms with E-state index in [2.05, 4.69) is 123 Å². The first-order valence-electron chi connectivity index (χ1n) is 14.0. The quantitative estimate of drug-likeness (QED) is 0.150. The Morgan fingerprint density at radius 1 is 0.854 bits per heavy atom. The predicted molar refractivity (Wildman–Crippen MR) is 171 cm³/mol. The number of hydrogen-bond acceptors (Lipinski definition) is 1. The smallest absolute Gasteiger partial charge is 0.0980 e. The Balaban J connectivity index is 0.00000231. The Kier molecular flexibility index (Phi) is 9.80. The van der Waals surface area contributed by atoms with E-state index in [1.165, 1.54) is 72.3 Å². The van der Waals surface area contributed by atoms with Gasteiger partial charge < -0.3 is 17.3 Å². The number of aromatic nitrogens is 2. The van der Waals surface area contributed by atoms with E-state index >= 15 is 0 Å². The summed E-state index contributed by atoms with van der Waals surface area (Å²) in [4.78, 5) is 5.41. The summed E-state index contributed by atoms with van der Waals surface area (Å²) in [5.41, 5.74) is 18.8. The van der Waals surface area contributed by atoms with E-state index in [9.17, 15) is 0 Å². The van der Waals surface area contributed by atoms with Gasteiger partial charge in [-0.3, -0.25) is 0 Å². The van der Waals surface area contributed by atoms with Gasteiger partial charge in [-0.2, -0.15) is 22.8 Å². The molecule has 0 amide bonds. The van der Waals surface area contributed by atoms with Crippen LogP contribution in [0, 0.1) is 68.9 Å². The minimum atomic E-state index is -0.208. The Morgan fingerprint density at radius 2 is 1.44 bits per heavy atom. The fraction of sp³-hybridized carbons (Fsp3) is 0.351. The van der Waals surface area contributed by atoms with Crippen LogP contribution in [0.5, 0.6) is 0 Å². The largest absolute Gasteiger partial charge is 0.671 e. The van der Waals surface area contributed by atoms with Gasteiger partial charge in [-0.15, -0.1) is 16.8 Å².